The summed E-state index contributed by atoms with van der Waals surface area (Å²) in [5, 5.41) is 8.58. The molecule has 0 aliphatic rings. The summed E-state index contributed by atoms with van der Waals surface area (Å²) in [5.41, 5.74) is 7.21. The van der Waals surface area contributed by atoms with Gasteiger partial charge in [-0.05, 0) is 12.1 Å². The quantitative estimate of drug-likeness (QED) is 0.781. The third-order valence-electron chi connectivity index (χ3n) is 2.24. The maximum absolute atomic E-state index is 10.4. The number of fused-ring (bicyclic) bond motifs is 1. The first-order chi connectivity index (χ1) is 7.18. The molecule has 0 radical (unpaired) electrons. The fourth-order valence-electron chi connectivity index (χ4n) is 1.50. The number of aryl methyl sites for hydroxylation is 1. The Morgan fingerprint density at radius 2 is 2.40 bits per heavy atom. The van der Waals surface area contributed by atoms with Crippen LogP contribution in [-0.4, -0.2) is 20.5 Å². The number of hydrogen-bond donors (Lipinski definition) is 2. The van der Waals surface area contributed by atoms with Crippen LogP contribution in [0.4, 0.5) is 5.69 Å². The van der Waals surface area contributed by atoms with E-state index in [9.17, 15) is 4.79 Å². The number of carbonyl (C=O) groups is 1. The van der Waals surface area contributed by atoms with E-state index in [0.29, 0.717) is 12.1 Å². The van der Waals surface area contributed by atoms with Gasteiger partial charge in [0.05, 0.1) is 23.8 Å². The van der Waals surface area contributed by atoms with Crippen molar-refractivity contribution in [3.05, 3.63) is 30.4 Å². The molecular weight excluding hydrogens is 194 g/mol. The van der Waals surface area contributed by atoms with Crippen molar-refractivity contribution in [1.82, 2.24) is 9.38 Å². The number of aliphatic carboxylic acids is 1. The Balaban J connectivity index is 2.37. The molecule has 0 aliphatic carbocycles. The van der Waals surface area contributed by atoms with Gasteiger partial charge in [0.1, 0.15) is 5.82 Å². The molecule has 0 aliphatic heterocycles. The molecule has 2 aromatic heterocycles. The number of anilines is 1. The van der Waals surface area contributed by atoms with Gasteiger partial charge in [-0.2, -0.15) is 0 Å². The monoisotopic (exact) mass is 205 g/mol. The standard InChI is InChI=1S/C10H11N3O2/c11-7-2-1-5-13-8(7)6-12-9(13)3-4-10(14)15/h1-2,5-6H,3-4,11H2,(H,14,15). The molecule has 0 bridgehead atoms. The zero-order valence-corrected chi connectivity index (χ0v) is 8.05. The molecule has 0 unspecified atom stereocenters. The lowest BCUT2D eigenvalue weighted by molar-refractivity contribution is -0.137. The van der Waals surface area contributed by atoms with Crippen LogP contribution in [0.1, 0.15) is 12.2 Å². The molecular formula is C10H11N3O2. The highest BCUT2D eigenvalue weighted by Crippen LogP contribution is 2.15. The number of nitrogens with two attached hydrogens (primary N) is 1. The van der Waals surface area contributed by atoms with Crippen molar-refractivity contribution in [1.29, 1.82) is 0 Å². The molecule has 5 nitrogen and oxygen atoms in total. The average Bonchev–Trinajstić information content (AvgIpc) is 2.59. The van der Waals surface area contributed by atoms with Crippen LogP contribution >= 0.6 is 0 Å². The second-order valence-electron chi connectivity index (χ2n) is 3.29. The molecule has 0 spiro atoms. The average molecular weight is 205 g/mol. The number of carboxylic acid groups (broad SMARTS) is 1. The van der Waals surface area contributed by atoms with Crippen LogP contribution in [-0.2, 0) is 11.2 Å². The van der Waals surface area contributed by atoms with E-state index in [2.05, 4.69) is 4.98 Å². The van der Waals surface area contributed by atoms with Gasteiger partial charge < -0.3 is 15.2 Å². The lowest BCUT2D eigenvalue weighted by Crippen LogP contribution is -2.01. The van der Waals surface area contributed by atoms with Gasteiger partial charge in [-0.1, -0.05) is 0 Å². The van der Waals surface area contributed by atoms with Crippen LogP contribution < -0.4 is 5.73 Å². The van der Waals surface area contributed by atoms with Gasteiger partial charge in [-0.3, -0.25) is 4.79 Å². The maximum atomic E-state index is 10.4. The summed E-state index contributed by atoms with van der Waals surface area (Å²) < 4.78 is 1.82. The number of pyridine rings is 1. The topological polar surface area (TPSA) is 80.6 Å². The van der Waals surface area contributed by atoms with Gasteiger partial charge in [0.2, 0.25) is 0 Å². The van der Waals surface area contributed by atoms with E-state index in [0.717, 1.165) is 11.3 Å². The Morgan fingerprint density at radius 1 is 1.60 bits per heavy atom. The number of aromatic nitrogens is 2. The number of rotatable bonds is 3. The van der Waals surface area contributed by atoms with Crippen LogP contribution in [0, 0.1) is 0 Å². The largest absolute Gasteiger partial charge is 0.481 e. The van der Waals surface area contributed by atoms with Gasteiger partial charge in [0.15, 0.2) is 0 Å². The van der Waals surface area contributed by atoms with Gasteiger partial charge in [0.25, 0.3) is 0 Å². The Kier molecular flexibility index (Phi) is 2.29. The zero-order chi connectivity index (χ0) is 10.8. The summed E-state index contributed by atoms with van der Waals surface area (Å²) in [5.74, 6) is -0.102. The summed E-state index contributed by atoms with van der Waals surface area (Å²) >= 11 is 0. The van der Waals surface area contributed by atoms with Crippen molar-refractivity contribution in [2.75, 3.05) is 5.73 Å². The summed E-state index contributed by atoms with van der Waals surface area (Å²) in [4.78, 5) is 14.6. The van der Waals surface area contributed by atoms with Crippen molar-refractivity contribution >= 4 is 17.2 Å². The van der Waals surface area contributed by atoms with E-state index in [1.807, 2.05) is 16.7 Å². The van der Waals surface area contributed by atoms with Crippen molar-refractivity contribution in [3.8, 4) is 0 Å². The Morgan fingerprint density at radius 3 is 3.13 bits per heavy atom. The summed E-state index contributed by atoms with van der Waals surface area (Å²) in [6, 6.07) is 3.60. The minimum Gasteiger partial charge on any atom is -0.481 e. The fourth-order valence-corrected chi connectivity index (χ4v) is 1.50. The van der Waals surface area contributed by atoms with Crippen LogP contribution in [0.2, 0.25) is 0 Å². The van der Waals surface area contributed by atoms with E-state index in [1.54, 1.807) is 12.3 Å². The fraction of sp³-hybridized carbons (Fsp3) is 0.200. The summed E-state index contributed by atoms with van der Waals surface area (Å²) in [7, 11) is 0. The van der Waals surface area contributed by atoms with Gasteiger partial charge in [0, 0.05) is 12.6 Å². The minimum atomic E-state index is -0.823. The summed E-state index contributed by atoms with van der Waals surface area (Å²) in [6.45, 7) is 0. The molecule has 78 valence electrons. The minimum absolute atomic E-state index is 0.0773. The molecule has 5 heteroatoms. The van der Waals surface area contributed by atoms with Gasteiger partial charge in [-0.25, -0.2) is 4.98 Å². The van der Waals surface area contributed by atoms with Crippen molar-refractivity contribution in [2.45, 2.75) is 12.8 Å². The third kappa shape index (κ3) is 1.76. The van der Waals surface area contributed by atoms with Gasteiger partial charge >= 0.3 is 5.97 Å². The molecule has 0 saturated carbocycles. The molecule has 0 fully saturated rings. The van der Waals surface area contributed by atoms with Crippen LogP contribution in [0.25, 0.3) is 5.52 Å². The lowest BCUT2D eigenvalue weighted by atomic mass is 10.3. The van der Waals surface area contributed by atoms with Crippen LogP contribution in [0.5, 0.6) is 0 Å². The second-order valence-corrected chi connectivity index (χ2v) is 3.29. The highest BCUT2D eigenvalue weighted by atomic mass is 16.4. The Labute approximate surface area is 86.2 Å². The Bertz CT molecular complexity index is 504. The number of hydrogen-bond acceptors (Lipinski definition) is 3. The van der Waals surface area contributed by atoms with E-state index < -0.39 is 5.97 Å². The molecule has 15 heavy (non-hydrogen) atoms. The first kappa shape index (κ1) is 9.51. The molecule has 2 heterocycles. The number of nitrogens with zero attached hydrogens (tertiary/aromatic N) is 2. The maximum Gasteiger partial charge on any atom is 0.303 e. The van der Waals surface area contributed by atoms with Gasteiger partial charge in [-0.15, -0.1) is 0 Å². The lowest BCUT2D eigenvalue weighted by Gasteiger charge is -2.00. The molecule has 2 aromatic rings. The number of imidazole rings is 1. The molecule has 0 amide bonds. The second kappa shape index (κ2) is 3.61. The third-order valence-corrected chi connectivity index (χ3v) is 2.24. The number of carboxylic acids is 1. The molecule has 0 atom stereocenters. The van der Waals surface area contributed by atoms with Crippen LogP contribution in [0.3, 0.4) is 0 Å². The van der Waals surface area contributed by atoms with Crippen molar-refractivity contribution < 1.29 is 9.90 Å². The predicted octanol–water partition coefficient (Wildman–Crippen LogP) is 0.934. The molecule has 0 saturated heterocycles. The molecule has 2 rings (SSSR count). The first-order valence-electron chi connectivity index (χ1n) is 4.60. The molecule has 3 N–H and O–H groups in total. The first-order valence-corrected chi connectivity index (χ1v) is 4.60. The highest BCUT2D eigenvalue weighted by Gasteiger charge is 2.06. The summed E-state index contributed by atoms with van der Waals surface area (Å²) in [6.07, 6.45) is 3.98. The smallest absolute Gasteiger partial charge is 0.303 e. The van der Waals surface area contributed by atoms with Crippen molar-refractivity contribution in [2.24, 2.45) is 0 Å². The highest BCUT2D eigenvalue weighted by molar-refractivity contribution is 5.69. The van der Waals surface area contributed by atoms with E-state index >= 15 is 0 Å². The zero-order valence-electron chi connectivity index (χ0n) is 8.05. The van der Waals surface area contributed by atoms with Crippen molar-refractivity contribution in [3.63, 3.8) is 0 Å². The van der Waals surface area contributed by atoms with E-state index in [1.165, 1.54) is 0 Å². The normalized spacial score (nSPS) is 10.7. The van der Waals surface area contributed by atoms with E-state index in [4.69, 9.17) is 10.8 Å². The number of nitrogen functional groups attached to an aromatic ring is 1. The van der Waals surface area contributed by atoms with E-state index in [-0.39, 0.29) is 6.42 Å². The Hall–Kier alpha value is -2.04. The SMILES string of the molecule is Nc1cccn2c(CCC(=O)O)ncc12. The van der Waals surface area contributed by atoms with Crippen LogP contribution in [0.15, 0.2) is 24.5 Å². The predicted molar refractivity (Wildman–Crippen MR) is 55.6 cm³/mol. The molecule has 0 aromatic carbocycles.